The second-order valence-corrected chi connectivity index (χ2v) is 13.3. The highest BCUT2D eigenvalue weighted by Crippen LogP contribution is 2.34. The number of nitro groups is 1. The minimum absolute atomic E-state index is 0.112. The van der Waals surface area contributed by atoms with Gasteiger partial charge in [0.05, 0.1) is 16.5 Å². The Morgan fingerprint density at radius 3 is 2.43 bits per heavy atom. The highest BCUT2D eigenvalue weighted by Gasteiger charge is 2.32. The molecule has 5 rings (SSSR count). The van der Waals surface area contributed by atoms with Gasteiger partial charge in [-0.2, -0.15) is 0 Å². The Morgan fingerprint density at radius 1 is 1.09 bits per heavy atom. The van der Waals surface area contributed by atoms with Gasteiger partial charge in [-0.25, -0.2) is 9.18 Å². The number of anilines is 1. The summed E-state index contributed by atoms with van der Waals surface area (Å²) >= 11 is 0. The normalized spacial score (nSPS) is 16.6. The molecule has 11 heteroatoms. The quantitative estimate of drug-likeness (QED) is 0.223. The molecule has 46 heavy (non-hydrogen) atoms. The lowest BCUT2D eigenvalue weighted by Crippen LogP contribution is -2.46. The van der Waals surface area contributed by atoms with Crippen molar-refractivity contribution in [3.63, 3.8) is 0 Å². The fourth-order valence-corrected chi connectivity index (χ4v) is 6.21. The van der Waals surface area contributed by atoms with Crippen LogP contribution in [0.5, 0.6) is 0 Å². The Kier molecular flexibility index (Phi) is 9.32. The molecule has 2 aliphatic heterocycles. The predicted octanol–water partition coefficient (Wildman–Crippen LogP) is 7.33. The summed E-state index contributed by atoms with van der Waals surface area (Å²) in [4.78, 5) is 45.0. The Morgan fingerprint density at radius 2 is 1.80 bits per heavy atom. The molecule has 0 saturated carbocycles. The number of aryl methyl sites for hydroxylation is 2. The van der Waals surface area contributed by atoms with Gasteiger partial charge >= 0.3 is 6.09 Å². The second kappa shape index (κ2) is 13.1. The van der Waals surface area contributed by atoms with E-state index in [0.717, 1.165) is 33.4 Å². The molecule has 1 atom stereocenters. The van der Waals surface area contributed by atoms with E-state index in [2.05, 4.69) is 22.4 Å². The number of nitrogens with one attached hydrogen (secondary N) is 1. The maximum absolute atomic E-state index is 15.1. The molecule has 244 valence electrons. The third-order valence-electron chi connectivity index (χ3n) is 8.64. The maximum Gasteiger partial charge on any atom is 0.410 e. The van der Waals surface area contributed by atoms with Crippen molar-refractivity contribution in [3.05, 3.63) is 80.8 Å². The first-order valence-electron chi connectivity index (χ1n) is 15.8. The van der Waals surface area contributed by atoms with Gasteiger partial charge in [0.1, 0.15) is 11.4 Å². The number of piperidine rings is 1. The summed E-state index contributed by atoms with van der Waals surface area (Å²) < 4.78 is 20.6. The number of non-ortho nitro benzene ring substituents is 1. The minimum Gasteiger partial charge on any atom is -0.444 e. The van der Waals surface area contributed by atoms with Crippen molar-refractivity contribution < 1.29 is 23.6 Å². The highest BCUT2D eigenvalue weighted by molar-refractivity contribution is 5.94. The Balaban J connectivity index is 1.29. The zero-order valence-electron chi connectivity index (χ0n) is 27.4. The summed E-state index contributed by atoms with van der Waals surface area (Å²) in [6.07, 6.45) is 3.71. The smallest absolute Gasteiger partial charge is 0.410 e. The molecule has 1 N–H and O–H groups in total. The van der Waals surface area contributed by atoms with Crippen molar-refractivity contribution in [3.8, 4) is 0 Å². The molecule has 0 radical (unpaired) electrons. The molecule has 3 heterocycles. The molecule has 0 aliphatic carbocycles. The number of benzene rings is 2. The molecule has 0 spiro atoms. The Hall–Kier alpha value is -4.54. The summed E-state index contributed by atoms with van der Waals surface area (Å²) in [5, 5.41) is 15.7. The van der Waals surface area contributed by atoms with E-state index >= 15 is 4.39 Å². The fourth-order valence-electron chi connectivity index (χ4n) is 6.21. The molecule has 0 bridgehead atoms. The lowest BCUT2D eigenvalue weighted by molar-refractivity contribution is -0.385. The van der Waals surface area contributed by atoms with Crippen LogP contribution in [0.2, 0.25) is 0 Å². The lowest BCUT2D eigenvalue weighted by atomic mass is 9.93. The number of amides is 2. The van der Waals surface area contributed by atoms with Crippen molar-refractivity contribution in [2.75, 3.05) is 31.5 Å². The number of aromatic nitrogens is 1. The van der Waals surface area contributed by atoms with E-state index in [9.17, 15) is 19.7 Å². The molecule has 2 aromatic carbocycles. The van der Waals surface area contributed by atoms with E-state index in [0.29, 0.717) is 45.4 Å². The number of hydrogen-bond acceptors (Lipinski definition) is 7. The maximum atomic E-state index is 15.1. The van der Waals surface area contributed by atoms with Gasteiger partial charge < -0.3 is 19.9 Å². The number of fused-ring (bicyclic) bond motifs is 1. The number of rotatable bonds is 6. The SMILES string of the molecule is Cc1cc(NC(C)c2cc([N+](=O)[O-])cc(C)c2F)c2cc(C3=CCN(C(=O)C4CCN(C(=O)OC(C)(C)C)CC4)CC3)ccc2n1. The zero-order valence-corrected chi connectivity index (χ0v) is 27.4. The van der Waals surface area contributed by atoms with Crippen LogP contribution in [0.1, 0.15) is 75.4 Å². The minimum atomic E-state index is -0.551. The average Bonchev–Trinajstić information content (AvgIpc) is 3.01. The first-order chi connectivity index (χ1) is 21.7. The molecule has 1 fully saturated rings. The molecule has 1 unspecified atom stereocenters. The van der Waals surface area contributed by atoms with Gasteiger partial charge in [-0.05, 0) is 95.7 Å². The van der Waals surface area contributed by atoms with Gasteiger partial charge in [0, 0.05) is 66.6 Å². The van der Waals surface area contributed by atoms with Crippen LogP contribution < -0.4 is 5.32 Å². The van der Waals surface area contributed by atoms with E-state index in [4.69, 9.17) is 4.74 Å². The first kappa shape index (κ1) is 32.8. The summed E-state index contributed by atoms with van der Waals surface area (Å²) in [6, 6.07) is 9.92. The molecule has 1 aromatic heterocycles. The monoisotopic (exact) mass is 631 g/mol. The van der Waals surface area contributed by atoms with Crippen LogP contribution in [0.3, 0.4) is 0 Å². The first-order valence-corrected chi connectivity index (χ1v) is 15.8. The third-order valence-corrected chi connectivity index (χ3v) is 8.64. The van der Waals surface area contributed by atoms with Crippen LogP contribution in [0.4, 0.5) is 20.6 Å². The molecule has 2 aliphatic rings. The van der Waals surface area contributed by atoms with Crippen LogP contribution in [0.15, 0.2) is 42.5 Å². The number of halogens is 1. The summed E-state index contributed by atoms with van der Waals surface area (Å²) in [7, 11) is 0. The van der Waals surface area contributed by atoms with Crippen LogP contribution in [-0.4, -0.2) is 63.5 Å². The largest absolute Gasteiger partial charge is 0.444 e. The van der Waals surface area contributed by atoms with Crippen LogP contribution in [0, 0.1) is 35.7 Å². The van der Waals surface area contributed by atoms with Crippen molar-refractivity contribution >= 4 is 39.9 Å². The number of nitrogens with zero attached hydrogens (tertiary/aromatic N) is 4. The van der Waals surface area contributed by atoms with Crippen LogP contribution in [0.25, 0.3) is 16.5 Å². The van der Waals surface area contributed by atoms with Gasteiger partial charge in [0.15, 0.2) is 0 Å². The number of carbonyl (C=O) groups excluding carboxylic acids is 2. The molecular formula is C35H42FN5O5. The van der Waals surface area contributed by atoms with Crippen molar-refractivity contribution in [1.29, 1.82) is 0 Å². The predicted molar refractivity (Wildman–Crippen MR) is 176 cm³/mol. The van der Waals surface area contributed by atoms with Gasteiger partial charge in [0.25, 0.3) is 5.69 Å². The molecule has 2 amide bonds. The van der Waals surface area contributed by atoms with Gasteiger partial charge in [-0.1, -0.05) is 12.1 Å². The van der Waals surface area contributed by atoms with Crippen molar-refractivity contribution in [1.82, 2.24) is 14.8 Å². The van der Waals surface area contributed by atoms with Gasteiger partial charge in [0.2, 0.25) is 5.91 Å². The number of likely N-dealkylation sites (tertiary alicyclic amines) is 1. The van der Waals surface area contributed by atoms with Crippen LogP contribution in [-0.2, 0) is 9.53 Å². The van der Waals surface area contributed by atoms with E-state index in [1.165, 1.54) is 19.1 Å². The fraction of sp³-hybridized carbons (Fsp3) is 0.457. The average molecular weight is 632 g/mol. The number of hydrogen-bond donors (Lipinski definition) is 1. The number of ether oxygens (including phenoxy) is 1. The molecule has 3 aromatic rings. The number of carbonyl (C=O) groups is 2. The zero-order chi connectivity index (χ0) is 33.3. The second-order valence-electron chi connectivity index (χ2n) is 13.3. The standard InChI is InChI=1S/C35H42FN5O5/c1-21-17-27(41(44)45)20-28(32(21)36)23(3)38-31-18-22(2)37-30-8-7-26(19-29(30)31)24-9-13-39(14-10-24)33(42)25-11-15-40(16-12-25)34(43)46-35(4,5)6/h7-9,17-20,23,25H,10-16H2,1-6H3,(H,37,38). The highest BCUT2D eigenvalue weighted by atomic mass is 19.1. The van der Waals surface area contributed by atoms with Gasteiger partial charge in [-0.3, -0.25) is 19.9 Å². The number of pyridine rings is 1. The molecule has 10 nitrogen and oxygen atoms in total. The van der Waals surface area contributed by atoms with E-state index in [1.807, 2.05) is 50.8 Å². The Bertz CT molecular complexity index is 1710. The summed E-state index contributed by atoms with van der Waals surface area (Å²) in [5.74, 6) is -0.457. The van der Waals surface area contributed by atoms with E-state index in [-0.39, 0.29) is 34.7 Å². The number of nitro benzene ring substituents is 1. The van der Waals surface area contributed by atoms with Crippen LogP contribution >= 0.6 is 0 Å². The third kappa shape index (κ3) is 7.29. The molecular weight excluding hydrogens is 589 g/mol. The topological polar surface area (TPSA) is 118 Å². The van der Waals surface area contributed by atoms with Gasteiger partial charge in [-0.15, -0.1) is 0 Å². The lowest BCUT2D eigenvalue weighted by Gasteiger charge is -2.36. The summed E-state index contributed by atoms with van der Waals surface area (Å²) in [5.41, 5.74) is 4.21. The Labute approximate surface area is 268 Å². The van der Waals surface area contributed by atoms with Crippen molar-refractivity contribution in [2.24, 2.45) is 5.92 Å². The summed E-state index contributed by atoms with van der Waals surface area (Å²) in [6.45, 7) is 12.9. The molecule has 1 saturated heterocycles. The van der Waals surface area contributed by atoms with Crippen molar-refractivity contribution in [2.45, 2.75) is 72.4 Å². The van der Waals surface area contributed by atoms with E-state index in [1.54, 1.807) is 11.8 Å². The van der Waals surface area contributed by atoms with E-state index < -0.39 is 22.4 Å².